The molecule has 0 aromatic carbocycles. The highest BCUT2D eigenvalue weighted by molar-refractivity contribution is 7.08. The minimum Gasteiger partial charge on any atom is -0.324 e. The maximum Gasteiger partial charge on any atom is 0.0303 e. The summed E-state index contributed by atoms with van der Waals surface area (Å²) in [6.45, 7) is 4.23. The Balaban J connectivity index is 2.82. The van der Waals surface area contributed by atoms with Gasteiger partial charge in [0.2, 0.25) is 0 Å². The summed E-state index contributed by atoms with van der Waals surface area (Å²) in [7, 11) is 0. The highest BCUT2D eigenvalue weighted by atomic mass is 32.1. The van der Waals surface area contributed by atoms with Gasteiger partial charge < -0.3 is 5.73 Å². The molecule has 0 aliphatic heterocycles. The zero-order valence-electron chi connectivity index (χ0n) is 6.42. The number of rotatable bonds is 2. The van der Waals surface area contributed by atoms with Gasteiger partial charge in [0.05, 0.1) is 0 Å². The fraction of sp³-hybridized carbons (Fsp3) is 0.500. The zero-order valence-corrected chi connectivity index (χ0v) is 7.24. The predicted molar refractivity (Wildman–Crippen MR) is 46.3 cm³/mol. The van der Waals surface area contributed by atoms with Crippen LogP contribution in [0.1, 0.15) is 30.5 Å². The minimum atomic E-state index is 0.242. The molecule has 2 N–H and O–H groups in total. The predicted octanol–water partition coefficient (Wildman–Crippen LogP) is 2.47. The highest BCUT2D eigenvalue weighted by Crippen LogP contribution is 2.21. The van der Waals surface area contributed by atoms with Crippen LogP contribution in [-0.2, 0) is 0 Å². The Bertz CT molecular complexity index is 205. The Morgan fingerprint density at radius 3 is 2.70 bits per heavy atom. The molecule has 1 rings (SSSR count). The molecule has 10 heavy (non-hydrogen) atoms. The number of hydrogen-bond donors (Lipinski definition) is 1. The van der Waals surface area contributed by atoms with E-state index in [-0.39, 0.29) is 6.04 Å². The van der Waals surface area contributed by atoms with E-state index in [1.807, 2.05) is 0 Å². The molecule has 1 aromatic heterocycles. The normalized spacial score (nSPS) is 13.5. The van der Waals surface area contributed by atoms with Crippen molar-refractivity contribution < 1.29 is 0 Å². The van der Waals surface area contributed by atoms with Crippen LogP contribution in [0.3, 0.4) is 0 Å². The van der Waals surface area contributed by atoms with Gasteiger partial charge in [-0.15, -0.1) is 0 Å². The Hall–Kier alpha value is -0.340. The molecule has 1 atom stereocenters. The van der Waals surface area contributed by atoms with Gasteiger partial charge in [0.25, 0.3) is 0 Å². The van der Waals surface area contributed by atoms with Crippen molar-refractivity contribution in [2.45, 2.75) is 26.3 Å². The van der Waals surface area contributed by atoms with Gasteiger partial charge in [-0.3, -0.25) is 0 Å². The van der Waals surface area contributed by atoms with Crippen LogP contribution in [-0.4, -0.2) is 0 Å². The van der Waals surface area contributed by atoms with Gasteiger partial charge in [0.1, 0.15) is 0 Å². The molecule has 0 fully saturated rings. The second kappa shape index (κ2) is 3.17. The van der Waals surface area contributed by atoms with E-state index < -0.39 is 0 Å². The monoisotopic (exact) mass is 155 g/mol. The summed E-state index contributed by atoms with van der Waals surface area (Å²) in [6.07, 6.45) is 1.03. The molecule has 0 radical (unpaired) electrons. The van der Waals surface area contributed by atoms with Crippen LogP contribution in [0.4, 0.5) is 0 Å². The molecule has 2 heteroatoms. The van der Waals surface area contributed by atoms with Gasteiger partial charge in [-0.05, 0) is 35.2 Å². The fourth-order valence-electron chi connectivity index (χ4n) is 0.970. The molecule has 1 nitrogen and oxygen atoms in total. The number of hydrogen-bond acceptors (Lipinski definition) is 2. The molecule has 56 valence electrons. The van der Waals surface area contributed by atoms with E-state index in [0.29, 0.717) is 0 Å². The summed E-state index contributed by atoms with van der Waals surface area (Å²) in [6, 6.07) is 0.242. The highest BCUT2D eigenvalue weighted by Gasteiger charge is 2.05. The van der Waals surface area contributed by atoms with Gasteiger partial charge in [-0.1, -0.05) is 6.92 Å². The SMILES string of the molecule is CC[C@@H](N)c1cscc1C. The molecule has 0 spiro atoms. The third kappa shape index (κ3) is 1.39. The van der Waals surface area contributed by atoms with E-state index in [2.05, 4.69) is 24.6 Å². The smallest absolute Gasteiger partial charge is 0.0303 e. The molecule has 0 amide bonds. The zero-order chi connectivity index (χ0) is 7.56. The number of thiophene rings is 1. The van der Waals surface area contributed by atoms with E-state index in [1.54, 1.807) is 11.3 Å². The Morgan fingerprint density at radius 2 is 2.30 bits per heavy atom. The molecule has 0 bridgehead atoms. The third-order valence-corrected chi connectivity index (χ3v) is 2.61. The standard InChI is InChI=1S/C8H13NS/c1-3-8(9)7-5-10-4-6(7)2/h4-5,8H,3,9H2,1-2H3/t8-/m1/s1. The van der Waals surface area contributed by atoms with Crippen LogP contribution in [0.25, 0.3) is 0 Å². The van der Waals surface area contributed by atoms with Crippen LogP contribution < -0.4 is 5.73 Å². The molecule has 0 unspecified atom stereocenters. The van der Waals surface area contributed by atoms with Crippen LogP contribution >= 0.6 is 11.3 Å². The van der Waals surface area contributed by atoms with Gasteiger partial charge >= 0.3 is 0 Å². The molecular formula is C8H13NS. The molecule has 0 aliphatic carbocycles. The molecular weight excluding hydrogens is 142 g/mol. The largest absolute Gasteiger partial charge is 0.324 e. The van der Waals surface area contributed by atoms with E-state index in [4.69, 9.17) is 5.73 Å². The van der Waals surface area contributed by atoms with E-state index >= 15 is 0 Å². The minimum absolute atomic E-state index is 0.242. The number of aryl methyl sites for hydroxylation is 1. The van der Waals surface area contributed by atoms with E-state index in [1.165, 1.54) is 11.1 Å². The fourth-order valence-corrected chi connectivity index (χ4v) is 1.89. The first kappa shape index (κ1) is 7.76. The lowest BCUT2D eigenvalue weighted by Crippen LogP contribution is -2.08. The Kier molecular flexibility index (Phi) is 2.46. The van der Waals surface area contributed by atoms with Crippen LogP contribution in [0, 0.1) is 6.92 Å². The lowest BCUT2D eigenvalue weighted by Gasteiger charge is -2.06. The van der Waals surface area contributed by atoms with Crippen molar-refractivity contribution in [1.29, 1.82) is 0 Å². The summed E-state index contributed by atoms with van der Waals surface area (Å²) in [5, 5.41) is 4.29. The van der Waals surface area contributed by atoms with Gasteiger partial charge in [0.15, 0.2) is 0 Å². The van der Waals surface area contributed by atoms with Crippen LogP contribution in [0.5, 0.6) is 0 Å². The molecule has 0 saturated carbocycles. The summed E-state index contributed by atoms with van der Waals surface area (Å²) in [4.78, 5) is 0. The molecule has 0 saturated heterocycles. The molecule has 1 heterocycles. The van der Waals surface area contributed by atoms with Crippen molar-refractivity contribution in [2.75, 3.05) is 0 Å². The topological polar surface area (TPSA) is 26.0 Å². The quantitative estimate of drug-likeness (QED) is 0.697. The van der Waals surface area contributed by atoms with Crippen LogP contribution in [0.15, 0.2) is 10.8 Å². The van der Waals surface area contributed by atoms with Crippen LogP contribution in [0.2, 0.25) is 0 Å². The average Bonchev–Trinajstić information content (AvgIpc) is 2.34. The lowest BCUT2D eigenvalue weighted by molar-refractivity contribution is 0.697. The number of nitrogens with two attached hydrogens (primary N) is 1. The summed E-state index contributed by atoms with van der Waals surface area (Å²) < 4.78 is 0. The first-order valence-electron chi connectivity index (χ1n) is 3.54. The summed E-state index contributed by atoms with van der Waals surface area (Å²) >= 11 is 1.73. The van der Waals surface area contributed by atoms with Crippen molar-refractivity contribution in [3.8, 4) is 0 Å². The van der Waals surface area contributed by atoms with Gasteiger partial charge in [-0.25, -0.2) is 0 Å². The first-order valence-corrected chi connectivity index (χ1v) is 4.48. The van der Waals surface area contributed by atoms with Crippen molar-refractivity contribution in [3.63, 3.8) is 0 Å². The second-order valence-electron chi connectivity index (χ2n) is 2.52. The average molecular weight is 155 g/mol. The van der Waals surface area contributed by atoms with Crippen molar-refractivity contribution in [1.82, 2.24) is 0 Å². The maximum absolute atomic E-state index is 5.85. The molecule has 0 aliphatic rings. The van der Waals surface area contributed by atoms with Crippen molar-refractivity contribution in [3.05, 3.63) is 21.9 Å². The summed E-state index contributed by atoms with van der Waals surface area (Å²) in [5.41, 5.74) is 8.49. The third-order valence-electron chi connectivity index (χ3n) is 1.73. The van der Waals surface area contributed by atoms with Gasteiger partial charge in [0, 0.05) is 6.04 Å². The van der Waals surface area contributed by atoms with Gasteiger partial charge in [-0.2, -0.15) is 11.3 Å². The second-order valence-corrected chi connectivity index (χ2v) is 3.27. The first-order chi connectivity index (χ1) is 4.75. The Morgan fingerprint density at radius 1 is 1.60 bits per heavy atom. The summed E-state index contributed by atoms with van der Waals surface area (Å²) in [5.74, 6) is 0. The molecule has 1 aromatic rings. The Labute approximate surface area is 65.9 Å². The van der Waals surface area contributed by atoms with Crippen molar-refractivity contribution >= 4 is 11.3 Å². The van der Waals surface area contributed by atoms with E-state index in [0.717, 1.165) is 6.42 Å². The lowest BCUT2D eigenvalue weighted by atomic mass is 10.1. The van der Waals surface area contributed by atoms with E-state index in [9.17, 15) is 0 Å². The maximum atomic E-state index is 5.85. The van der Waals surface area contributed by atoms with Crippen molar-refractivity contribution in [2.24, 2.45) is 5.73 Å².